The van der Waals surface area contributed by atoms with Gasteiger partial charge in [-0.1, -0.05) is 12.1 Å². The molecule has 0 aliphatic rings. The van der Waals surface area contributed by atoms with Crippen molar-refractivity contribution >= 4 is 27.6 Å². The molecule has 0 aliphatic heterocycles. The Hall–Kier alpha value is -2.91. The average molecular weight is 392 g/mol. The summed E-state index contributed by atoms with van der Waals surface area (Å²) in [5.41, 5.74) is 0.627. The largest absolute Gasteiger partial charge is 0.482 e. The maximum Gasteiger partial charge on any atom is 0.343 e. The van der Waals surface area contributed by atoms with Crippen molar-refractivity contribution < 1.29 is 27.5 Å². The number of amides is 1. The molecule has 144 valence electrons. The fourth-order valence-electron chi connectivity index (χ4n) is 2.08. The van der Waals surface area contributed by atoms with E-state index in [1.165, 1.54) is 39.4 Å². The van der Waals surface area contributed by atoms with E-state index in [0.717, 1.165) is 4.31 Å². The summed E-state index contributed by atoms with van der Waals surface area (Å²) in [6.07, 6.45) is 0. The van der Waals surface area contributed by atoms with Gasteiger partial charge in [-0.05, 0) is 36.4 Å². The van der Waals surface area contributed by atoms with Crippen LogP contribution in [0.4, 0.5) is 5.69 Å². The Bertz CT molecular complexity index is 940. The smallest absolute Gasteiger partial charge is 0.343 e. The minimum atomic E-state index is -3.61. The lowest BCUT2D eigenvalue weighted by Crippen LogP contribution is -2.22. The molecule has 0 unspecified atom stereocenters. The first kappa shape index (κ1) is 20.4. The Morgan fingerprint density at radius 3 is 2.44 bits per heavy atom. The van der Waals surface area contributed by atoms with Crippen molar-refractivity contribution in [2.24, 2.45) is 0 Å². The van der Waals surface area contributed by atoms with E-state index in [9.17, 15) is 18.0 Å². The molecule has 8 nitrogen and oxygen atoms in total. The summed E-state index contributed by atoms with van der Waals surface area (Å²) >= 11 is 0. The number of anilines is 1. The number of hydrogen-bond acceptors (Lipinski definition) is 6. The summed E-state index contributed by atoms with van der Waals surface area (Å²) in [7, 11) is 0.506. The zero-order chi connectivity index (χ0) is 20.0. The molecule has 1 amide bonds. The highest BCUT2D eigenvalue weighted by Gasteiger charge is 2.18. The molecule has 0 saturated heterocycles. The Kier molecular flexibility index (Phi) is 6.54. The van der Waals surface area contributed by atoms with Gasteiger partial charge in [0.25, 0.3) is 5.91 Å². The number of benzene rings is 2. The predicted molar refractivity (Wildman–Crippen MR) is 99.2 cm³/mol. The van der Waals surface area contributed by atoms with Crippen molar-refractivity contribution in [3.63, 3.8) is 0 Å². The quantitative estimate of drug-likeness (QED) is 0.720. The third-order valence-electron chi connectivity index (χ3n) is 3.55. The molecule has 0 radical (unpaired) electrons. The van der Waals surface area contributed by atoms with Gasteiger partial charge in [-0.25, -0.2) is 17.5 Å². The number of methoxy groups -OCH3 is 1. The molecule has 0 fully saturated rings. The van der Waals surface area contributed by atoms with E-state index in [-0.39, 0.29) is 11.5 Å². The maximum atomic E-state index is 12.4. The lowest BCUT2D eigenvalue weighted by Gasteiger charge is -2.13. The number of rotatable bonds is 7. The van der Waals surface area contributed by atoms with Crippen molar-refractivity contribution in [2.75, 3.05) is 33.1 Å². The molecule has 0 heterocycles. The Morgan fingerprint density at radius 2 is 1.78 bits per heavy atom. The second-order valence-corrected chi connectivity index (χ2v) is 7.81. The van der Waals surface area contributed by atoms with E-state index < -0.39 is 21.9 Å². The summed E-state index contributed by atoms with van der Waals surface area (Å²) in [5, 5.41) is 2.64. The second kappa shape index (κ2) is 8.65. The first-order valence-electron chi connectivity index (χ1n) is 7.87. The molecule has 0 saturated carbocycles. The van der Waals surface area contributed by atoms with Crippen molar-refractivity contribution in [1.82, 2.24) is 4.31 Å². The van der Waals surface area contributed by atoms with Crippen molar-refractivity contribution in [1.29, 1.82) is 0 Å². The molecule has 0 aromatic heterocycles. The van der Waals surface area contributed by atoms with E-state index in [1.54, 1.807) is 30.3 Å². The van der Waals surface area contributed by atoms with E-state index in [4.69, 9.17) is 4.74 Å². The van der Waals surface area contributed by atoms with Gasteiger partial charge in [-0.3, -0.25) is 4.79 Å². The SMILES string of the molecule is COC(=O)COc1cccc(C(=O)Nc2cccc(S(=O)(=O)N(C)C)c2)c1. The van der Waals surface area contributed by atoms with Crippen LogP contribution in [0.25, 0.3) is 0 Å². The van der Waals surface area contributed by atoms with Crippen molar-refractivity contribution in [2.45, 2.75) is 4.90 Å². The summed E-state index contributed by atoms with van der Waals surface area (Å²) in [4.78, 5) is 23.6. The highest BCUT2D eigenvalue weighted by atomic mass is 32.2. The van der Waals surface area contributed by atoms with Gasteiger partial charge in [0.15, 0.2) is 6.61 Å². The number of nitrogens with zero attached hydrogens (tertiary/aromatic N) is 1. The predicted octanol–water partition coefficient (Wildman–Crippen LogP) is 1.74. The number of hydrogen-bond donors (Lipinski definition) is 1. The molecule has 0 bridgehead atoms. The molecule has 1 N–H and O–H groups in total. The van der Waals surface area contributed by atoms with Crippen LogP contribution in [0, 0.1) is 0 Å². The molecule has 0 spiro atoms. The first-order chi connectivity index (χ1) is 12.7. The molecule has 2 rings (SSSR count). The number of nitrogens with one attached hydrogen (secondary N) is 1. The zero-order valence-corrected chi connectivity index (χ0v) is 15.9. The van der Waals surface area contributed by atoms with Crippen LogP contribution in [0.3, 0.4) is 0 Å². The Balaban J connectivity index is 2.15. The number of esters is 1. The fraction of sp³-hybridized carbons (Fsp3) is 0.222. The summed E-state index contributed by atoms with van der Waals surface area (Å²) in [6.45, 7) is -0.272. The first-order valence-corrected chi connectivity index (χ1v) is 9.31. The van der Waals surface area contributed by atoms with Crippen molar-refractivity contribution in [3.8, 4) is 5.75 Å². The van der Waals surface area contributed by atoms with Crippen LogP contribution in [0.1, 0.15) is 10.4 Å². The molecular weight excluding hydrogens is 372 g/mol. The Morgan fingerprint density at radius 1 is 1.07 bits per heavy atom. The molecule has 2 aromatic rings. The van der Waals surface area contributed by atoms with Crippen molar-refractivity contribution in [3.05, 3.63) is 54.1 Å². The average Bonchev–Trinajstić information content (AvgIpc) is 2.66. The van der Waals surface area contributed by atoms with Crippen LogP contribution in [0.2, 0.25) is 0 Å². The van der Waals surface area contributed by atoms with Crippen LogP contribution in [0.15, 0.2) is 53.4 Å². The summed E-state index contributed by atoms with van der Waals surface area (Å²) in [6, 6.07) is 12.2. The second-order valence-electron chi connectivity index (χ2n) is 5.66. The highest BCUT2D eigenvalue weighted by molar-refractivity contribution is 7.89. The van der Waals surface area contributed by atoms with Gasteiger partial charge in [0.1, 0.15) is 5.75 Å². The molecule has 27 heavy (non-hydrogen) atoms. The molecule has 0 aliphatic carbocycles. The highest BCUT2D eigenvalue weighted by Crippen LogP contribution is 2.20. The van der Waals surface area contributed by atoms with Crippen LogP contribution in [-0.2, 0) is 19.6 Å². The van der Waals surface area contributed by atoms with Gasteiger partial charge in [-0.2, -0.15) is 0 Å². The van der Waals surface area contributed by atoms with Gasteiger partial charge in [0.2, 0.25) is 10.0 Å². The standard InChI is InChI=1S/C18H20N2O6S/c1-20(2)27(23,24)16-9-5-7-14(11-16)19-18(22)13-6-4-8-15(10-13)26-12-17(21)25-3/h4-11H,12H2,1-3H3,(H,19,22). The summed E-state index contributed by atoms with van der Waals surface area (Å²) in [5.74, 6) is -0.654. The van der Waals surface area contributed by atoms with E-state index in [2.05, 4.69) is 10.1 Å². The monoisotopic (exact) mass is 392 g/mol. The lowest BCUT2D eigenvalue weighted by atomic mass is 10.2. The van der Waals surface area contributed by atoms with Gasteiger partial charge >= 0.3 is 5.97 Å². The molecule has 0 atom stereocenters. The van der Waals surface area contributed by atoms with Crippen LogP contribution in [0.5, 0.6) is 5.75 Å². The molecule has 9 heteroatoms. The van der Waals surface area contributed by atoms with Gasteiger partial charge in [0, 0.05) is 25.3 Å². The number of sulfonamides is 1. The van der Waals surface area contributed by atoms with Gasteiger partial charge in [0.05, 0.1) is 12.0 Å². The molecule has 2 aromatic carbocycles. The van der Waals surface area contributed by atoms with Gasteiger partial charge in [-0.15, -0.1) is 0 Å². The maximum absolute atomic E-state index is 12.4. The third-order valence-corrected chi connectivity index (χ3v) is 5.36. The third kappa shape index (κ3) is 5.28. The van der Waals surface area contributed by atoms with Gasteiger partial charge < -0.3 is 14.8 Å². The van der Waals surface area contributed by atoms with Crippen LogP contribution in [-0.4, -0.2) is 52.4 Å². The lowest BCUT2D eigenvalue weighted by molar-refractivity contribution is -0.142. The number of carbonyl (C=O) groups is 2. The Labute approximate surface area is 157 Å². The van der Waals surface area contributed by atoms with E-state index in [1.807, 2.05) is 0 Å². The van der Waals surface area contributed by atoms with Crippen LogP contribution >= 0.6 is 0 Å². The van der Waals surface area contributed by atoms with E-state index in [0.29, 0.717) is 17.0 Å². The summed E-state index contributed by atoms with van der Waals surface area (Å²) < 4.78 is 35.2. The topological polar surface area (TPSA) is 102 Å². The minimum absolute atomic E-state index is 0.0699. The number of carbonyl (C=O) groups excluding carboxylic acids is 2. The van der Waals surface area contributed by atoms with Crippen LogP contribution < -0.4 is 10.1 Å². The minimum Gasteiger partial charge on any atom is -0.482 e. The van der Waals surface area contributed by atoms with E-state index >= 15 is 0 Å². The zero-order valence-electron chi connectivity index (χ0n) is 15.1. The normalized spacial score (nSPS) is 11.1. The number of ether oxygens (including phenoxy) is 2. The fourth-order valence-corrected chi connectivity index (χ4v) is 3.02. The molecular formula is C18H20N2O6S.